The molecule has 14 heavy (non-hydrogen) atoms. The van der Waals surface area contributed by atoms with Gasteiger partial charge in [0.15, 0.2) is 0 Å². The van der Waals surface area contributed by atoms with Crippen LogP contribution in [0.1, 0.15) is 24.6 Å². The maximum absolute atomic E-state index is 5.59. The van der Waals surface area contributed by atoms with E-state index in [0.29, 0.717) is 6.54 Å². The smallest absolute Gasteiger partial charge is 0.0971 e. The van der Waals surface area contributed by atoms with Gasteiger partial charge in [0, 0.05) is 12.6 Å². The van der Waals surface area contributed by atoms with Crippen molar-refractivity contribution in [2.75, 3.05) is 12.3 Å². The molecule has 3 nitrogen and oxygen atoms in total. The second-order valence-corrected chi connectivity index (χ2v) is 4.46. The Kier molecular flexibility index (Phi) is 4.48. The van der Waals surface area contributed by atoms with Gasteiger partial charge in [-0.1, -0.05) is 6.92 Å². The van der Waals surface area contributed by atoms with Gasteiger partial charge in [-0.25, -0.2) is 0 Å². The van der Waals surface area contributed by atoms with E-state index in [1.165, 1.54) is 17.0 Å². The van der Waals surface area contributed by atoms with Crippen LogP contribution in [-0.4, -0.2) is 22.1 Å². The van der Waals surface area contributed by atoms with Gasteiger partial charge in [-0.15, -0.1) is 11.8 Å². The van der Waals surface area contributed by atoms with Crippen molar-refractivity contribution in [3.63, 3.8) is 0 Å². The molecule has 0 aliphatic carbocycles. The van der Waals surface area contributed by atoms with Gasteiger partial charge >= 0.3 is 0 Å². The van der Waals surface area contributed by atoms with Gasteiger partial charge in [-0.2, -0.15) is 5.10 Å². The number of hydrogen-bond donors (Lipinski definition) is 1. The number of hydrogen-bond acceptors (Lipinski definition) is 3. The summed E-state index contributed by atoms with van der Waals surface area (Å²) in [5.41, 5.74) is 8.04. The standard InChI is InChI=1S/C10H19N3S/c1-4-7-14-10-9(5-6-11)8(2)12-13(10)3/h4-7,11H2,1-3H3. The van der Waals surface area contributed by atoms with Crippen LogP contribution < -0.4 is 5.73 Å². The third kappa shape index (κ3) is 2.51. The molecule has 0 atom stereocenters. The molecule has 1 aromatic heterocycles. The number of nitrogens with two attached hydrogens (primary N) is 1. The number of nitrogens with zero attached hydrogens (tertiary/aromatic N) is 2. The fourth-order valence-corrected chi connectivity index (χ4v) is 2.54. The summed E-state index contributed by atoms with van der Waals surface area (Å²) in [5, 5.41) is 5.71. The fraction of sp³-hybridized carbons (Fsp3) is 0.700. The molecule has 0 aliphatic heterocycles. The molecule has 80 valence electrons. The van der Waals surface area contributed by atoms with Crippen molar-refractivity contribution < 1.29 is 0 Å². The molecule has 1 aromatic rings. The highest BCUT2D eigenvalue weighted by Gasteiger charge is 2.11. The minimum atomic E-state index is 0.701. The van der Waals surface area contributed by atoms with E-state index in [1.807, 2.05) is 23.5 Å². The summed E-state index contributed by atoms with van der Waals surface area (Å²) in [6.45, 7) is 4.95. The zero-order valence-electron chi connectivity index (χ0n) is 9.21. The molecule has 0 unspecified atom stereocenters. The Labute approximate surface area is 90.1 Å². The minimum absolute atomic E-state index is 0.701. The van der Waals surface area contributed by atoms with Gasteiger partial charge in [0.05, 0.1) is 10.7 Å². The first kappa shape index (κ1) is 11.6. The van der Waals surface area contributed by atoms with Crippen LogP contribution >= 0.6 is 11.8 Å². The second-order valence-electron chi connectivity index (χ2n) is 3.38. The average Bonchev–Trinajstić information content (AvgIpc) is 2.40. The van der Waals surface area contributed by atoms with Crippen LogP contribution in [0.2, 0.25) is 0 Å². The Morgan fingerprint density at radius 3 is 2.79 bits per heavy atom. The van der Waals surface area contributed by atoms with Crippen LogP contribution in [0.3, 0.4) is 0 Å². The lowest BCUT2D eigenvalue weighted by Gasteiger charge is -2.04. The van der Waals surface area contributed by atoms with E-state index in [1.54, 1.807) is 0 Å². The normalized spacial score (nSPS) is 10.9. The van der Waals surface area contributed by atoms with Crippen LogP contribution in [0, 0.1) is 6.92 Å². The Bertz CT molecular complexity index is 294. The molecule has 2 N–H and O–H groups in total. The van der Waals surface area contributed by atoms with Crippen molar-refractivity contribution in [1.82, 2.24) is 9.78 Å². The predicted molar refractivity (Wildman–Crippen MR) is 61.7 cm³/mol. The lowest BCUT2D eigenvalue weighted by Crippen LogP contribution is -2.04. The Morgan fingerprint density at radius 2 is 2.21 bits per heavy atom. The summed E-state index contributed by atoms with van der Waals surface area (Å²) >= 11 is 1.88. The Balaban J connectivity index is 2.86. The second kappa shape index (κ2) is 5.41. The average molecular weight is 213 g/mol. The molecule has 0 fully saturated rings. The largest absolute Gasteiger partial charge is 0.330 e. The molecule has 0 aromatic carbocycles. The van der Waals surface area contributed by atoms with Gasteiger partial charge in [0.1, 0.15) is 0 Å². The quantitative estimate of drug-likeness (QED) is 0.758. The molecule has 1 rings (SSSR count). The third-order valence-electron chi connectivity index (χ3n) is 2.13. The van der Waals surface area contributed by atoms with Crippen molar-refractivity contribution in [2.45, 2.75) is 31.7 Å². The molecule has 0 saturated heterocycles. The van der Waals surface area contributed by atoms with Gasteiger partial charge in [-0.3, -0.25) is 4.68 Å². The molecule has 0 amide bonds. The highest BCUT2D eigenvalue weighted by Crippen LogP contribution is 2.25. The zero-order chi connectivity index (χ0) is 10.6. The lowest BCUT2D eigenvalue weighted by atomic mass is 10.2. The lowest BCUT2D eigenvalue weighted by molar-refractivity contribution is 0.688. The SMILES string of the molecule is CCCSc1c(CCN)c(C)nn1C. The van der Waals surface area contributed by atoms with E-state index in [9.17, 15) is 0 Å². The van der Waals surface area contributed by atoms with Crippen LogP contribution in [0.15, 0.2) is 5.03 Å². The Hall–Kier alpha value is -0.480. The minimum Gasteiger partial charge on any atom is -0.330 e. The first-order chi connectivity index (χ1) is 6.70. The maximum atomic E-state index is 5.59. The number of thioether (sulfide) groups is 1. The topological polar surface area (TPSA) is 43.8 Å². The van der Waals surface area contributed by atoms with E-state index in [2.05, 4.69) is 18.9 Å². The van der Waals surface area contributed by atoms with E-state index in [4.69, 9.17) is 5.73 Å². The van der Waals surface area contributed by atoms with Crippen molar-refractivity contribution in [2.24, 2.45) is 12.8 Å². The molecule has 0 aliphatic rings. The van der Waals surface area contributed by atoms with Crippen LogP contribution in [0.25, 0.3) is 0 Å². The molecule has 0 radical (unpaired) electrons. The van der Waals surface area contributed by atoms with Gasteiger partial charge < -0.3 is 5.73 Å². The number of rotatable bonds is 5. The van der Waals surface area contributed by atoms with Crippen molar-refractivity contribution >= 4 is 11.8 Å². The molecule has 0 spiro atoms. The van der Waals surface area contributed by atoms with Crippen molar-refractivity contribution in [3.8, 4) is 0 Å². The van der Waals surface area contributed by atoms with Crippen LogP contribution in [-0.2, 0) is 13.5 Å². The first-order valence-corrected chi connectivity index (χ1v) is 6.04. The molecular weight excluding hydrogens is 194 g/mol. The van der Waals surface area contributed by atoms with Crippen molar-refractivity contribution in [3.05, 3.63) is 11.3 Å². The predicted octanol–water partition coefficient (Wildman–Crippen LogP) is 1.73. The summed E-state index contributed by atoms with van der Waals surface area (Å²) in [4.78, 5) is 0. The molecule has 1 heterocycles. The molecule has 4 heteroatoms. The highest BCUT2D eigenvalue weighted by atomic mass is 32.2. The third-order valence-corrected chi connectivity index (χ3v) is 3.52. The number of aryl methyl sites for hydroxylation is 2. The molecule has 0 saturated carbocycles. The van der Waals surface area contributed by atoms with Crippen LogP contribution in [0.5, 0.6) is 0 Å². The van der Waals surface area contributed by atoms with E-state index >= 15 is 0 Å². The van der Waals surface area contributed by atoms with Gasteiger partial charge in [0.2, 0.25) is 0 Å². The van der Waals surface area contributed by atoms with Crippen LogP contribution in [0.4, 0.5) is 0 Å². The van der Waals surface area contributed by atoms with E-state index in [0.717, 1.165) is 17.9 Å². The summed E-state index contributed by atoms with van der Waals surface area (Å²) in [6, 6.07) is 0. The van der Waals surface area contributed by atoms with E-state index < -0.39 is 0 Å². The van der Waals surface area contributed by atoms with Gasteiger partial charge in [0.25, 0.3) is 0 Å². The summed E-state index contributed by atoms with van der Waals surface area (Å²) in [6.07, 6.45) is 2.13. The highest BCUT2D eigenvalue weighted by molar-refractivity contribution is 7.99. The fourth-order valence-electron chi connectivity index (χ4n) is 1.49. The first-order valence-electron chi connectivity index (χ1n) is 5.06. The zero-order valence-corrected chi connectivity index (χ0v) is 10.0. The van der Waals surface area contributed by atoms with Gasteiger partial charge in [-0.05, 0) is 32.1 Å². The van der Waals surface area contributed by atoms with E-state index in [-0.39, 0.29) is 0 Å². The summed E-state index contributed by atoms with van der Waals surface area (Å²) in [7, 11) is 2.00. The molecular formula is C10H19N3S. The van der Waals surface area contributed by atoms with Crippen molar-refractivity contribution in [1.29, 1.82) is 0 Å². The Morgan fingerprint density at radius 1 is 1.50 bits per heavy atom. The summed E-state index contributed by atoms with van der Waals surface area (Å²) in [5.74, 6) is 1.15. The number of aromatic nitrogens is 2. The summed E-state index contributed by atoms with van der Waals surface area (Å²) < 4.78 is 1.97. The molecule has 0 bridgehead atoms. The maximum Gasteiger partial charge on any atom is 0.0971 e. The monoisotopic (exact) mass is 213 g/mol.